The van der Waals surface area contributed by atoms with E-state index in [9.17, 15) is 0 Å². The number of hydrogen-bond donors (Lipinski definition) is 0. The van der Waals surface area contributed by atoms with Gasteiger partial charge in [-0.05, 0) is 0 Å². The molecule has 0 nitrogen and oxygen atoms in total. The van der Waals surface area contributed by atoms with Crippen molar-refractivity contribution in [2.24, 2.45) is 0 Å². The summed E-state index contributed by atoms with van der Waals surface area (Å²) < 4.78 is 6.86. The molecule has 48 heavy (non-hydrogen) atoms. The summed E-state index contributed by atoms with van der Waals surface area (Å²) in [4.78, 5) is 0. The first-order chi connectivity index (χ1) is 23.2. The van der Waals surface area contributed by atoms with Gasteiger partial charge in [0.25, 0.3) is 0 Å². The summed E-state index contributed by atoms with van der Waals surface area (Å²) in [6.07, 6.45) is 5.53. The van der Waals surface area contributed by atoms with E-state index >= 15 is 0 Å². The topological polar surface area (TPSA) is 0 Å². The second kappa shape index (κ2) is 11.0. The molecule has 2 heteroatoms. The molecule has 6 aromatic rings. The van der Waals surface area contributed by atoms with Gasteiger partial charge in [-0.1, -0.05) is 0 Å². The Morgan fingerprint density at radius 1 is 0.479 bits per heavy atom. The molecule has 0 N–H and O–H groups in total. The Labute approximate surface area is 291 Å². The fourth-order valence-electron chi connectivity index (χ4n) is 10.7. The zero-order valence-electron chi connectivity index (χ0n) is 29.0. The molecule has 0 bridgehead atoms. The molecule has 1 heterocycles. The molecule has 3 aliphatic rings. The van der Waals surface area contributed by atoms with Crippen molar-refractivity contribution in [3.05, 3.63) is 154 Å². The SMILES string of the molecule is CC(C)[Si]1(C(C)C)C2=Cc3c(-c4ccc5ccccc5c4)cccc3[CH]2[Hf]([CH3])([CH3])[CH]2C1=Cc1c(-c3ccc4ccccc4c3)cccc12. The third kappa shape index (κ3) is 4.15. The number of benzene rings is 6. The van der Waals surface area contributed by atoms with Gasteiger partial charge >= 0.3 is 293 Å². The van der Waals surface area contributed by atoms with E-state index in [2.05, 4.69) is 171 Å². The van der Waals surface area contributed by atoms with E-state index in [1.807, 2.05) is 10.4 Å². The van der Waals surface area contributed by atoms with Crippen molar-refractivity contribution in [2.75, 3.05) is 0 Å². The third-order valence-corrected chi connectivity index (χ3v) is 36.2. The maximum absolute atomic E-state index is 3.17. The molecule has 0 spiro atoms. The summed E-state index contributed by atoms with van der Waals surface area (Å²) in [5.41, 5.74) is 13.1. The van der Waals surface area contributed by atoms with Crippen molar-refractivity contribution in [3.63, 3.8) is 0 Å². The molecule has 2 aliphatic carbocycles. The monoisotopic (exact) mass is 804 g/mol. The average Bonchev–Trinajstić information content (AvgIpc) is 3.69. The Balaban J connectivity index is 1.27. The standard InChI is InChI=1S/C44H38Si.2CH3.Hf/c1-29(2)45(30(3)4,39-25-35-15-9-17-41(43(35)27-39)37-21-19-31-11-5-7-13-33(31)23-37)40-26-36-16-10-18-42(44(36)28-40)38-22-20-32-12-6-8-14-34(32)24-38;;;/h5-30H,1-4H3;2*1H3;. The molecule has 9 rings (SSSR count). The first kappa shape index (κ1) is 30.5. The predicted octanol–water partition coefficient (Wildman–Crippen LogP) is 13.5. The van der Waals surface area contributed by atoms with E-state index in [0.717, 1.165) is 0 Å². The molecule has 1 fully saturated rings. The third-order valence-electron chi connectivity index (χ3n) is 12.5. The van der Waals surface area contributed by atoms with E-state index in [0.29, 0.717) is 18.4 Å². The Bertz CT molecular complexity index is 2190. The van der Waals surface area contributed by atoms with Crippen LogP contribution in [0.5, 0.6) is 0 Å². The summed E-state index contributed by atoms with van der Waals surface area (Å²) in [6.45, 7) is 10.3. The Morgan fingerprint density at radius 3 is 1.31 bits per heavy atom. The molecular formula is C46H44HfSi. The molecule has 0 saturated carbocycles. The second-order valence-corrected chi connectivity index (χ2v) is 38.2. The Morgan fingerprint density at radius 2 is 0.896 bits per heavy atom. The molecule has 1 saturated heterocycles. The van der Waals surface area contributed by atoms with Crippen LogP contribution in [0.25, 0.3) is 56.0 Å². The van der Waals surface area contributed by atoms with Crippen LogP contribution in [0.2, 0.25) is 20.4 Å². The minimum absolute atomic E-state index is 0.626. The van der Waals surface area contributed by atoms with Crippen LogP contribution >= 0.6 is 0 Å². The molecule has 0 aromatic heterocycles. The van der Waals surface area contributed by atoms with Crippen LogP contribution in [-0.4, -0.2) is 8.07 Å². The van der Waals surface area contributed by atoms with Crippen molar-refractivity contribution < 1.29 is 20.0 Å². The van der Waals surface area contributed by atoms with E-state index in [1.165, 1.54) is 54.9 Å². The van der Waals surface area contributed by atoms with Gasteiger partial charge < -0.3 is 0 Å². The van der Waals surface area contributed by atoms with Crippen LogP contribution in [0, 0.1) is 0 Å². The van der Waals surface area contributed by atoms with E-state index in [1.54, 1.807) is 11.1 Å². The van der Waals surface area contributed by atoms with Crippen LogP contribution in [0.3, 0.4) is 0 Å². The summed E-state index contributed by atoms with van der Waals surface area (Å²) in [6, 6.07) is 46.3. The van der Waals surface area contributed by atoms with Crippen molar-refractivity contribution in [3.8, 4) is 22.3 Å². The van der Waals surface area contributed by atoms with Gasteiger partial charge in [-0.25, -0.2) is 0 Å². The minimum atomic E-state index is -3.17. The first-order valence-corrected chi connectivity index (χ1v) is 31.4. The molecular weight excluding hydrogens is 759 g/mol. The van der Waals surface area contributed by atoms with Crippen LogP contribution in [0.15, 0.2) is 132 Å². The Hall–Kier alpha value is -3.59. The second-order valence-electron chi connectivity index (χ2n) is 15.8. The number of rotatable bonds is 4. The van der Waals surface area contributed by atoms with Crippen molar-refractivity contribution in [1.82, 2.24) is 0 Å². The average molecular weight is 803 g/mol. The van der Waals surface area contributed by atoms with Gasteiger partial charge in [0.1, 0.15) is 0 Å². The van der Waals surface area contributed by atoms with Crippen LogP contribution in [-0.2, 0) is 20.0 Å². The van der Waals surface area contributed by atoms with Gasteiger partial charge in [0.15, 0.2) is 0 Å². The zero-order chi connectivity index (χ0) is 32.9. The molecule has 2 atom stereocenters. The van der Waals surface area contributed by atoms with Gasteiger partial charge in [0, 0.05) is 0 Å². The Kier molecular flexibility index (Phi) is 6.95. The van der Waals surface area contributed by atoms with Gasteiger partial charge in [-0.3, -0.25) is 0 Å². The van der Waals surface area contributed by atoms with Crippen LogP contribution < -0.4 is 0 Å². The van der Waals surface area contributed by atoms with Crippen molar-refractivity contribution in [1.29, 1.82) is 0 Å². The fraction of sp³-hybridized carbons (Fsp3) is 0.217. The van der Waals surface area contributed by atoms with Gasteiger partial charge in [0.2, 0.25) is 0 Å². The summed E-state index contributed by atoms with van der Waals surface area (Å²) in [5, 5.41) is 9.00. The molecule has 2 unspecified atom stereocenters. The van der Waals surface area contributed by atoms with Crippen molar-refractivity contribution in [2.45, 2.75) is 55.5 Å². The summed E-state index contributed by atoms with van der Waals surface area (Å²) >= 11 is -3.17. The number of hydrogen-bond acceptors (Lipinski definition) is 0. The quantitative estimate of drug-likeness (QED) is 0.156. The zero-order valence-corrected chi connectivity index (χ0v) is 33.6. The molecule has 0 radical (unpaired) electrons. The van der Waals surface area contributed by atoms with Crippen molar-refractivity contribution >= 4 is 41.8 Å². The van der Waals surface area contributed by atoms with Gasteiger partial charge in [0.05, 0.1) is 0 Å². The predicted molar refractivity (Wildman–Crippen MR) is 208 cm³/mol. The molecule has 236 valence electrons. The molecule has 6 aromatic carbocycles. The van der Waals surface area contributed by atoms with E-state index in [4.69, 9.17) is 0 Å². The first-order valence-electron chi connectivity index (χ1n) is 17.9. The summed E-state index contributed by atoms with van der Waals surface area (Å²) in [5.74, 6) is 0. The molecule has 0 amide bonds. The van der Waals surface area contributed by atoms with Crippen LogP contribution in [0.4, 0.5) is 0 Å². The summed E-state index contributed by atoms with van der Waals surface area (Å²) in [7, 11) is -2.14. The number of fused-ring (bicyclic) bond motifs is 8. The normalized spacial score (nSPS) is 20.0. The fourth-order valence-corrected chi connectivity index (χ4v) is 43.4. The van der Waals surface area contributed by atoms with E-state index in [-0.39, 0.29) is 0 Å². The number of allylic oxidation sites excluding steroid dienone is 2. The molecule has 1 aliphatic heterocycles. The van der Waals surface area contributed by atoms with E-state index < -0.39 is 28.0 Å². The maximum atomic E-state index is 2.80. The van der Waals surface area contributed by atoms with Gasteiger partial charge in [-0.2, -0.15) is 0 Å². The van der Waals surface area contributed by atoms with Crippen LogP contribution in [0.1, 0.15) is 57.3 Å². The van der Waals surface area contributed by atoms with Gasteiger partial charge in [-0.15, -0.1) is 0 Å².